The molecular formula is C27H43N5O4. The van der Waals surface area contributed by atoms with Crippen molar-refractivity contribution in [2.45, 2.75) is 117 Å². The van der Waals surface area contributed by atoms with Crippen LogP contribution in [0.15, 0.2) is 0 Å². The topological polar surface area (TPSA) is 131 Å². The summed E-state index contributed by atoms with van der Waals surface area (Å²) in [5.74, 6) is -1.35. The lowest BCUT2D eigenvalue weighted by Crippen LogP contribution is -2.58. The third-order valence-corrected chi connectivity index (χ3v) is 8.05. The highest BCUT2D eigenvalue weighted by atomic mass is 16.2. The van der Waals surface area contributed by atoms with Gasteiger partial charge in [0.1, 0.15) is 18.1 Å². The van der Waals surface area contributed by atoms with Crippen LogP contribution in [0, 0.1) is 28.1 Å². The third-order valence-electron chi connectivity index (χ3n) is 8.05. The molecule has 3 aliphatic rings. The van der Waals surface area contributed by atoms with Crippen LogP contribution in [0.2, 0.25) is 0 Å². The fourth-order valence-electron chi connectivity index (χ4n) is 6.29. The van der Waals surface area contributed by atoms with Gasteiger partial charge in [-0.25, -0.2) is 0 Å². The highest BCUT2D eigenvalue weighted by Crippen LogP contribution is 2.47. The molecule has 1 spiro atoms. The number of nitrogens with one attached hydrogen (secondary N) is 3. The summed E-state index contributed by atoms with van der Waals surface area (Å²) in [5.41, 5.74) is -0.991. The predicted molar refractivity (Wildman–Crippen MR) is 135 cm³/mol. The van der Waals surface area contributed by atoms with Gasteiger partial charge in [0.15, 0.2) is 0 Å². The largest absolute Gasteiger partial charge is 0.351 e. The Balaban J connectivity index is 1.81. The minimum Gasteiger partial charge on any atom is -0.351 e. The lowest BCUT2D eigenvalue weighted by molar-refractivity contribution is -0.144. The second-order valence-corrected chi connectivity index (χ2v) is 12.9. The zero-order chi connectivity index (χ0) is 26.9. The number of hydrogen-bond acceptors (Lipinski definition) is 5. The maximum atomic E-state index is 13.8. The molecule has 200 valence electrons. The SMILES string of the molecule is CC(=O)N[C@H](C(=O)N1CC2(CCCCC2)C[C@H]1C(=O)N[C@H](C#N)C[C@@H]1CC(C)(C)NC1=O)C(C)(C)C. The monoisotopic (exact) mass is 501 g/mol. The number of amides is 4. The molecule has 3 fully saturated rings. The quantitative estimate of drug-likeness (QED) is 0.514. The Labute approximate surface area is 215 Å². The van der Waals surface area contributed by atoms with Crippen LogP contribution in [0.3, 0.4) is 0 Å². The fourth-order valence-corrected chi connectivity index (χ4v) is 6.29. The molecule has 36 heavy (non-hydrogen) atoms. The maximum absolute atomic E-state index is 13.8. The van der Waals surface area contributed by atoms with Crippen molar-refractivity contribution in [2.75, 3.05) is 6.54 Å². The number of carbonyl (C=O) groups is 4. The van der Waals surface area contributed by atoms with Crippen LogP contribution in [0.4, 0.5) is 0 Å². The van der Waals surface area contributed by atoms with Crippen LogP contribution in [-0.2, 0) is 19.2 Å². The van der Waals surface area contributed by atoms with Crippen molar-refractivity contribution in [1.29, 1.82) is 5.26 Å². The van der Waals surface area contributed by atoms with Crippen molar-refractivity contribution < 1.29 is 19.2 Å². The van der Waals surface area contributed by atoms with E-state index in [1.165, 1.54) is 6.92 Å². The van der Waals surface area contributed by atoms with Gasteiger partial charge >= 0.3 is 0 Å². The predicted octanol–water partition coefficient (Wildman–Crippen LogP) is 2.40. The van der Waals surface area contributed by atoms with E-state index < -0.39 is 23.5 Å². The molecule has 0 aromatic heterocycles. The lowest BCUT2D eigenvalue weighted by atomic mass is 9.72. The molecule has 0 aromatic rings. The zero-order valence-corrected chi connectivity index (χ0v) is 22.7. The first-order chi connectivity index (χ1) is 16.7. The molecular weight excluding hydrogens is 458 g/mol. The number of nitrogens with zero attached hydrogens (tertiary/aromatic N) is 2. The summed E-state index contributed by atoms with van der Waals surface area (Å²) in [6.07, 6.45) is 6.59. The molecule has 0 radical (unpaired) electrons. The van der Waals surface area contributed by atoms with Crippen LogP contribution in [0.25, 0.3) is 0 Å². The van der Waals surface area contributed by atoms with E-state index in [1.54, 1.807) is 4.90 Å². The number of rotatable bonds is 6. The second-order valence-electron chi connectivity index (χ2n) is 12.9. The van der Waals surface area contributed by atoms with Gasteiger partial charge in [-0.15, -0.1) is 0 Å². The summed E-state index contributed by atoms with van der Waals surface area (Å²) in [6.45, 7) is 11.4. The van der Waals surface area contributed by atoms with Gasteiger partial charge in [0.25, 0.3) is 0 Å². The summed E-state index contributed by atoms with van der Waals surface area (Å²) in [5, 5.41) is 18.4. The molecule has 9 heteroatoms. The molecule has 9 nitrogen and oxygen atoms in total. The first-order valence-corrected chi connectivity index (χ1v) is 13.3. The Bertz CT molecular complexity index is 925. The van der Waals surface area contributed by atoms with Crippen LogP contribution in [0.5, 0.6) is 0 Å². The summed E-state index contributed by atoms with van der Waals surface area (Å²) in [7, 11) is 0. The smallest absolute Gasteiger partial charge is 0.246 e. The number of likely N-dealkylation sites (tertiary alicyclic amines) is 1. The minimum absolute atomic E-state index is 0.100. The van der Waals surface area contributed by atoms with E-state index in [0.29, 0.717) is 19.4 Å². The minimum atomic E-state index is -0.823. The van der Waals surface area contributed by atoms with E-state index in [4.69, 9.17) is 0 Å². The molecule has 4 atom stereocenters. The average Bonchev–Trinajstić information content (AvgIpc) is 3.26. The molecule has 0 bridgehead atoms. The van der Waals surface area contributed by atoms with Crippen LogP contribution in [0.1, 0.15) is 92.9 Å². The van der Waals surface area contributed by atoms with Gasteiger partial charge in [-0.3, -0.25) is 19.2 Å². The van der Waals surface area contributed by atoms with Gasteiger partial charge in [0, 0.05) is 24.9 Å². The van der Waals surface area contributed by atoms with Gasteiger partial charge in [-0.2, -0.15) is 5.26 Å². The van der Waals surface area contributed by atoms with E-state index in [1.807, 2.05) is 34.6 Å². The summed E-state index contributed by atoms with van der Waals surface area (Å²) < 4.78 is 0. The van der Waals surface area contributed by atoms with Gasteiger partial charge < -0.3 is 20.9 Å². The van der Waals surface area contributed by atoms with E-state index in [2.05, 4.69) is 22.0 Å². The summed E-state index contributed by atoms with van der Waals surface area (Å²) >= 11 is 0. The summed E-state index contributed by atoms with van der Waals surface area (Å²) in [4.78, 5) is 53.3. The highest BCUT2D eigenvalue weighted by Gasteiger charge is 2.51. The maximum Gasteiger partial charge on any atom is 0.246 e. The van der Waals surface area contributed by atoms with Crippen molar-refractivity contribution >= 4 is 23.6 Å². The standard InChI is InChI=1S/C27H43N5O4/c1-17(33)29-21(25(2,3)4)24(36)32-16-27(10-8-7-9-11-27)14-20(32)23(35)30-19(15-28)12-18-13-26(5,6)31-22(18)34/h18-21H,7-14,16H2,1-6H3,(H,29,33)(H,30,35)(H,31,34)/t18-,19+,20+,21-/m1/s1. The van der Waals surface area contributed by atoms with Crippen LogP contribution >= 0.6 is 0 Å². The molecule has 0 unspecified atom stereocenters. The van der Waals surface area contributed by atoms with Crippen molar-refractivity contribution in [1.82, 2.24) is 20.9 Å². The molecule has 0 aromatic carbocycles. The molecule has 2 heterocycles. The van der Waals surface area contributed by atoms with Gasteiger partial charge in [-0.1, -0.05) is 40.0 Å². The third kappa shape index (κ3) is 6.37. The van der Waals surface area contributed by atoms with Gasteiger partial charge in [0.05, 0.1) is 6.07 Å². The van der Waals surface area contributed by atoms with Crippen LogP contribution < -0.4 is 16.0 Å². The Morgan fingerprint density at radius 2 is 1.78 bits per heavy atom. The van der Waals surface area contributed by atoms with Crippen molar-refractivity contribution in [3.63, 3.8) is 0 Å². The van der Waals surface area contributed by atoms with Crippen molar-refractivity contribution in [3.8, 4) is 6.07 Å². The first kappa shape index (κ1) is 27.9. The number of carbonyl (C=O) groups excluding carboxylic acids is 4. The molecule has 4 amide bonds. The Hall–Kier alpha value is -2.63. The molecule has 1 aliphatic carbocycles. The van der Waals surface area contributed by atoms with Crippen molar-refractivity contribution in [3.05, 3.63) is 0 Å². The van der Waals surface area contributed by atoms with Crippen molar-refractivity contribution in [2.24, 2.45) is 16.7 Å². The van der Waals surface area contributed by atoms with Crippen LogP contribution in [-0.4, -0.2) is 58.7 Å². The molecule has 2 aliphatic heterocycles. The average molecular weight is 502 g/mol. The van der Waals surface area contributed by atoms with Gasteiger partial charge in [0.2, 0.25) is 23.6 Å². The molecule has 3 N–H and O–H groups in total. The zero-order valence-electron chi connectivity index (χ0n) is 22.7. The fraction of sp³-hybridized carbons (Fsp3) is 0.815. The normalized spacial score (nSPS) is 26.6. The Kier molecular flexibility index (Phi) is 8.07. The number of hydrogen-bond donors (Lipinski definition) is 3. The Morgan fingerprint density at radius 1 is 1.14 bits per heavy atom. The molecule has 1 saturated carbocycles. The molecule has 3 rings (SSSR count). The highest BCUT2D eigenvalue weighted by molar-refractivity contribution is 5.93. The van der Waals surface area contributed by atoms with E-state index in [0.717, 1.165) is 32.1 Å². The summed E-state index contributed by atoms with van der Waals surface area (Å²) in [6, 6.07) is -0.149. The molecule has 2 saturated heterocycles. The lowest BCUT2D eigenvalue weighted by Gasteiger charge is -2.36. The number of nitriles is 1. The second kappa shape index (κ2) is 10.4. The van der Waals surface area contributed by atoms with E-state index in [9.17, 15) is 24.4 Å². The van der Waals surface area contributed by atoms with Gasteiger partial charge in [-0.05, 0) is 56.8 Å². The van der Waals surface area contributed by atoms with E-state index in [-0.39, 0.29) is 46.9 Å². The van der Waals surface area contributed by atoms with E-state index >= 15 is 0 Å². The first-order valence-electron chi connectivity index (χ1n) is 13.3. The Morgan fingerprint density at radius 3 is 2.28 bits per heavy atom.